The van der Waals surface area contributed by atoms with E-state index >= 15 is 0 Å². The van der Waals surface area contributed by atoms with Gasteiger partial charge in [-0.25, -0.2) is 0 Å². The van der Waals surface area contributed by atoms with Crippen molar-refractivity contribution in [2.75, 3.05) is 13.2 Å². The van der Waals surface area contributed by atoms with Crippen molar-refractivity contribution in [3.8, 4) is 11.5 Å². The molecule has 0 aliphatic carbocycles. The number of benzene rings is 2. The fourth-order valence-electron chi connectivity index (χ4n) is 3.71. The first-order chi connectivity index (χ1) is 12.2. The Labute approximate surface area is 153 Å². The first-order valence-corrected chi connectivity index (χ1v) is 9.69. The first kappa shape index (κ1) is 19.4. The molecule has 0 saturated heterocycles. The van der Waals surface area contributed by atoms with Crippen molar-refractivity contribution in [3.05, 3.63) is 59.7 Å². The second-order valence-corrected chi connectivity index (χ2v) is 6.39. The molecule has 0 aromatic heterocycles. The zero-order valence-corrected chi connectivity index (χ0v) is 16.1. The molecule has 0 aliphatic rings. The zero-order chi connectivity index (χ0) is 18.1. The van der Waals surface area contributed by atoms with Crippen LogP contribution >= 0.6 is 0 Å². The Bertz CT molecular complexity index is 635. The molecule has 0 radical (unpaired) electrons. The van der Waals surface area contributed by atoms with Crippen LogP contribution in [0, 0.1) is 0 Å². The quantitative estimate of drug-likeness (QED) is 0.487. The van der Waals surface area contributed by atoms with Gasteiger partial charge in [-0.2, -0.15) is 0 Å². The molecule has 136 valence electrons. The Morgan fingerprint density at radius 1 is 0.800 bits per heavy atom. The second-order valence-electron chi connectivity index (χ2n) is 6.39. The summed E-state index contributed by atoms with van der Waals surface area (Å²) in [6, 6.07) is 17.1. The molecule has 0 saturated carbocycles. The summed E-state index contributed by atoms with van der Waals surface area (Å²) in [6.07, 6.45) is 3.42. The van der Waals surface area contributed by atoms with E-state index in [1.165, 1.54) is 11.1 Å². The SMILES string of the molecule is CCCC(c1cccc(OCC)c1)C(CC)c1ccccc1OCC. The van der Waals surface area contributed by atoms with E-state index in [4.69, 9.17) is 9.47 Å². The molecule has 2 aromatic rings. The van der Waals surface area contributed by atoms with Gasteiger partial charge in [0.2, 0.25) is 0 Å². The molecule has 2 nitrogen and oxygen atoms in total. The van der Waals surface area contributed by atoms with Gasteiger partial charge in [-0.1, -0.05) is 50.6 Å². The standard InChI is InChI=1S/C23H32O2/c1-5-12-21(18-13-11-14-19(17-18)24-7-3)20(6-2)22-15-9-10-16-23(22)25-8-4/h9-11,13-17,20-21H,5-8,12H2,1-4H3. The highest BCUT2D eigenvalue weighted by Crippen LogP contribution is 2.42. The van der Waals surface area contributed by atoms with Crippen molar-refractivity contribution in [3.63, 3.8) is 0 Å². The molecule has 2 atom stereocenters. The van der Waals surface area contributed by atoms with Crippen LogP contribution in [0.3, 0.4) is 0 Å². The van der Waals surface area contributed by atoms with E-state index in [0.717, 1.165) is 30.8 Å². The van der Waals surface area contributed by atoms with E-state index in [2.05, 4.69) is 56.3 Å². The molecular formula is C23H32O2. The third kappa shape index (κ3) is 5.01. The van der Waals surface area contributed by atoms with E-state index < -0.39 is 0 Å². The molecule has 0 spiro atoms. The van der Waals surface area contributed by atoms with Crippen LogP contribution in [0.2, 0.25) is 0 Å². The lowest BCUT2D eigenvalue weighted by Gasteiger charge is -2.29. The highest BCUT2D eigenvalue weighted by atomic mass is 16.5. The number of para-hydroxylation sites is 1. The molecule has 0 aliphatic heterocycles. The Hall–Kier alpha value is -1.96. The minimum absolute atomic E-state index is 0.444. The molecule has 0 N–H and O–H groups in total. The van der Waals surface area contributed by atoms with E-state index in [-0.39, 0.29) is 0 Å². The number of rotatable bonds is 10. The van der Waals surface area contributed by atoms with Crippen LogP contribution in [0.5, 0.6) is 11.5 Å². The molecule has 0 heterocycles. The Kier molecular flexibility index (Phi) is 7.84. The average molecular weight is 341 g/mol. The van der Waals surface area contributed by atoms with Crippen LogP contribution in [0.25, 0.3) is 0 Å². The molecule has 25 heavy (non-hydrogen) atoms. The minimum Gasteiger partial charge on any atom is -0.494 e. The topological polar surface area (TPSA) is 18.5 Å². The summed E-state index contributed by atoms with van der Waals surface area (Å²) in [6.45, 7) is 10.0. The maximum absolute atomic E-state index is 5.92. The normalized spacial score (nSPS) is 13.3. The van der Waals surface area contributed by atoms with Crippen molar-refractivity contribution < 1.29 is 9.47 Å². The van der Waals surface area contributed by atoms with Gasteiger partial charge in [-0.3, -0.25) is 0 Å². The van der Waals surface area contributed by atoms with Crippen molar-refractivity contribution in [1.29, 1.82) is 0 Å². The van der Waals surface area contributed by atoms with Gasteiger partial charge in [-0.15, -0.1) is 0 Å². The van der Waals surface area contributed by atoms with Crippen molar-refractivity contribution in [2.24, 2.45) is 0 Å². The molecule has 2 aromatic carbocycles. The maximum atomic E-state index is 5.92. The summed E-state index contributed by atoms with van der Waals surface area (Å²) in [5, 5.41) is 0. The van der Waals surface area contributed by atoms with Crippen LogP contribution < -0.4 is 9.47 Å². The van der Waals surface area contributed by atoms with E-state index in [0.29, 0.717) is 25.0 Å². The van der Waals surface area contributed by atoms with Gasteiger partial charge in [0.25, 0.3) is 0 Å². The monoisotopic (exact) mass is 340 g/mol. The van der Waals surface area contributed by atoms with Crippen molar-refractivity contribution >= 4 is 0 Å². The summed E-state index contributed by atoms with van der Waals surface area (Å²) in [5.41, 5.74) is 2.69. The molecule has 0 amide bonds. The van der Waals surface area contributed by atoms with E-state index in [9.17, 15) is 0 Å². The fraction of sp³-hybridized carbons (Fsp3) is 0.478. The summed E-state index contributed by atoms with van der Waals surface area (Å²) in [7, 11) is 0. The van der Waals surface area contributed by atoms with Crippen molar-refractivity contribution in [1.82, 2.24) is 0 Å². The van der Waals surface area contributed by atoms with Crippen LogP contribution in [0.1, 0.15) is 69.9 Å². The maximum Gasteiger partial charge on any atom is 0.122 e. The number of hydrogen-bond acceptors (Lipinski definition) is 2. The molecule has 2 rings (SSSR count). The van der Waals surface area contributed by atoms with E-state index in [1.807, 2.05) is 19.9 Å². The number of ether oxygens (including phenoxy) is 2. The lowest BCUT2D eigenvalue weighted by Crippen LogP contribution is -2.13. The van der Waals surface area contributed by atoms with Gasteiger partial charge in [0.15, 0.2) is 0 Å². The first-order valence-electron chi connectivity index (χ1n) is 9.69. The predicted molar refractivity (Wildman–Crippen MR) is 106 cm³/mol. The van der Waals surface area contributed by atoms with Gasteiger partial charge < -0.3 is 9.47 Å². The fourth-order valence-corrected chi connectivity index (χ4v) is 3.71. The van der Waals surface area contributed by atoms with Gasteiger partial charge in [-0.05, 0) is 67.9 Å². The van der Waals surface area contributed by atoms with Crippen molar-refractivity contribution in [2.45, 2.75) is 58.8 Å². The van der Waals surface area contributed by atoms with Crippen LogP contribution in [0.4, 0.5) is 0 Å². The Morgan fingerprint density at radius 2 is 1.56 bits per heavy atom. The highest BCUT2D eigenvalue weighted by Gasteiger charge is 2.25. The summed E-state index contributed by atoms with van der Waals surface area (Å²) < 4.78 is 11.7. The lowest BCUT2D eigenvalue weighted by atomic mass is 9.77. The summed E-state index contributed by atoms with van der Waals surface area (Å²) >= 11 is 0. The van der Waals surface area contributed by atoms with Gasteiger partial charge in [0.05, 0.1) is 13.2 Å². The second kappa shape index (κ2) is 10.1. The smallest absolute Gasteiger partial charge is 0.122 e. The average Bonchev–Trinajstić information content (AvgIpc) is 2.64. The molecule has 2 heteroatoms. The Morgan fingerprint density at radius 3 is 2.24 bits per heavy atom. The molecular weight excluding hydrogens is 308 g/mol. The van der Waals surface area contributed by atoms with Gasteiger partial charge in [0.1, 0.15) is 11.5 Å². The summed E-state index contributed by atoms with van der Waals surface area (Å²) in [5.74, 6) is 2.91. The van der Waals surface area contributed by atoms with Crippen LogP contribution in [-0.2, 0) is 0 Å². The number of hydrogen-bond donors (Lipinski definition) is 0. The predicted octanol–water partition coefficient (Wildman–Crippen LogP) is 6.56. The highest BCUT2D eigenvalue weighted by molar-refractivity contribution is 5.40. The Balaban J connectivity index is 2.41. The largest absolute Gasteiger partial charge is 0.494 e. The third-order valence-electron chi connectivity index (χ3n) is 4.74. The van der Waals surface area contributed by atoms with Crippen LogP contribution in [-0.4, -0.2) is 13.2 Å². The van der Waals surface area contributed by atoms with Gasteiger partial charge >= 0.3 is 0 Å². The lowest BCUT2D eigenvalue weighted by molar-refractivity contribution is 0.329. The molecule has 0 fully saturated rings. The molecule has 2 unspecified atom stereocenters. The minimum atomic E-state index is 0.444. The van der Waals surface area contributed by atoms with Gasteiger partial charge in [0, 0.05) is 0 Å². The van der Waals surface area contributed by atoms with E-state index in [1.54, 1.807) is 0 Å². The third-order valence-corrected chi connectivity index (χ3v) is 4.74. The molecule has 0 bridgehead atoms. The summed E-state index contributed by atoms with van der Waals surface area (Å²) in [4.78, 5) is 0. The van der Waals surface area contributed by atoms with Crippen LogP contribution in [0.15, 0.2) is 48.5 Å². The zero-order valence-electron chi connectivity index (χ0n) is 16.1.